The van der Waals surface area contributed by atoms with Gasteiger partial charge in [0, 0.05) is 18.2 Å². The zero-order valence-corrected chi connectivity index (χ0v) is 9.51. The van der Waals surface area contributed by atoms with Gasteiger partial charge in [0.15, 0.2) is 6.29 Å². The van der Waals surface area contributed by atoms with Crippen molar-refractivity contribution < 1.29 is 9.84 Å². The molecule has 1 aromatic heterocycles. The second kappa shape index (κ2) is 3.75. The lowest BCUT2D eigenvalue weighted by Gasteiger charge is -2.16. The van der Waals surface area contributed by atoms with E-state index in [1.54, 1.807) is 0 Å². The minimum Gasteiger partial charge on any atom is -0.363 e. The first-order valence-corrected chi connectivity index (χ1v) is 4.77. The lowest BCUT2D eigenvalue weighted by Crippen LogP contribution is -2.12. The first-order chi connectivity index (χ1) is 6.36. The lowest BCUT2D eigenvalue weighted by atomic mass is 9.92. The van der Waals surface area contributed by atoms with Crippen molar-refractivity contribution in [1.82, 2.24) is 4.98 Å². The molecule has 80 valence electrons. The second-order valence-corrected chi connectivity index (χ2v) is 4.62. The molecule has 0 fully saturated rings. The van der Waals surface area contributed by atoms with Crippen LogP contribution < -0.4 is 0 Å². The van der Waals surface area contributed by atoms with Gasteiger partial charge in [0.2, 0.25) is 0 Å². The summed E-state index contributed by atoms with van der Waals surface area (Å²) in [5, 5.41) is 9.54. The molecule has 0 saturated carbocycles. The van der Waals surface area contributed by atoms with Crippen molar-refractivity contribution in [2.24, 2.45) is 0 Å². The summed E-state index contributed by atoms with van der Waals surface area (Å²) in [6, 6.07) is 2.05. The van der Waals surface area contributed by atoms with Crippen molar-refractivity contribution in [3.63, 3.8) is 0 Å². The van der Waals surface area contributed by atoms with Gasteiger partial charge in [-0.1, -0.05) is 20.8 Å². The van der Waals surface area contributed by atoms with Crippen molar-refractivity contribution in [2.75, 3.05) is 7.11 Å². The number of hydrogen-bond donors (Lipinski definition) is 2. The number of aromatic amines is 1. The molecule has 0 spiro atoms. The first kappa shape index (κ1) is 11.3. The average molecular weight is 197 g/mol. The Hall–Kier alpha value is -0.800. The van der Waals surface area contributed by atoms with Gasteiger partial charge in [0.05, 0.1) is 5.69 Å². The maximum Gasteiger partial charge on any atom is 0.196 e. The van der Waals surface area contributed by atoms with Crippen LogP contribution in [0.15, 0.2) is 6.07 Å². The highest BCUT2D eigenvalue weighted by atomic mass is 16.6. The highest BCUT2D eigenvalue weighted by molar-refractivity contribution is 5.29. The molecule has 1 aromatic rings. The highest BCUT2D eigenvalue weighted by Crippen LogP contribution is 2.26. The number of nitrogens with one attached hydrogen (secondary N) is 1. The SMILES string of the molecule is COC(O)c1[nH]c(C(C)(C)C)cc1C. The van der Waals surface area contributed by atoms with Crippen molar-refractivity contribution in [1.29, 1.82) is 0 Å². The van der Waals surface area contributed by atoms with Gasteiger partial charge in [-0.25, -0.2) is 0 Å². The fourth-order valence-corrected chi connectivity index (χ4v) is 1.35. The Morgan fingerprint density at radius 1 is 1.43 bits per heavy atom. The summed E-state index contributed by atoms with van der Waals surface area (Å²) >= 11 is 0. The molecule has 3 heteroatoms. The van der Waals surface area contributed by atoms with Crippen LogP contribution in [-0.2, 0) is 10.2 Å². The number of aliphatic hydroxyl groups is 1. The Labute approximate surface area is 85.1 Å². The van der Waals surface area contributed by atoms with Crippen molar-refractivity contribution in [2.45, 2.75) is 39.4 Å². The molecule has 3 nitrogen and oxygen atoms in total. The molecule has 1 atom stereocenters. The van der Waals surface area contributed by atoms with Crippen LogP contribution in [0.1, 0.15) is 44.0 Å². The van der Waals surface area contributed by atoms with Crippen molar-refractivity contribution >= 4 is 0 Å². The number of methoxy groups -OCH3 is 1. The summed E-state index contributed by atoms with van der Waals surface area (Å²) in [6.45, 7) is 8.34. The molecule has 0 radical (unpaired) electrons. The third-order valence-corrected chi connectivity index (χ3v) is 2.33. The van der Waals surface area contributed by atoms with Gasteiger partial charge in [-0.15, -0.1) is 0 Å². The number of H-pyrrole nitrogens is 1. The predicted molar refractivity (Wildman–Crippen MR) is 56.2 cm³/mol. The monoisotopic (exact) mass is 197 g/mol. The largest absolute Gasteiger partial charge is 0.363 e. The van der Waals surface area contributed by atoms with Gasteiger partial charge in [0.1, 0.15) is 0 Å². The lowest BCUT2D eigenvalue weighted by molar-refractivity contribution is -0.0800. The van der Waals surface area contributed by atoms with E-state index in [2.05, 4.69) is 31.8 Å². The van der Waals surface area contributed by atoms with Crippen molar-refractivity contribution in [3.8, 4) is 0 Å². The Morgan fingerprint density at radius 3 is 2.36 bits per heavy atom. The van der Waals surface area contributed by atoms with E-state index in [0.717, 1.165) is 17.0 Å². The van der Waals surface area contributed by atoms with Gasteiger partial charge in [0.25, 0.3) is 0 Å². The molecule has 14 heavy (non-hydrogen) atoms. The smallest absolute Gasteiger partial charge is 0.196 e. The van der Waals surface area contributed by atoms with Crippen LogP contribution in [0.4, 0.5) is 0 Å². The molecule has 0 aliphatic carbocycles. The summed E-state index contributed by atoms with van der Waals surface area (Å²) in [5.74, 6) is 0. The van der Waals surface area contributed by atoms with Crippen LogP contribution in [-0.4, -0.2) is 17.2 Å². The third-order valence-electron chi connectivity index (χ3n) is 2.33. The molecule has 1 heterocycles. The van der Waals surface area contributed by atoms with E-state index in [4.69, 9.17) is 4.74 Å². The summed E-state index contributed by atoms with van der Waals surface area (Å²) < 4.78 is 4.87. The summed E-state index contributed by atoms with van der Waals surface area (Å²) in [5.41, 5.74) is 2.96. The van der Waals surface area contributed by atoms with Crippen molar-refractivity contribution in [3.05, 3.63) is 23.0 Å². The molecule has 1 rings (SSSR count). The first-order valence-electron chi connectivity index (χ1n) is 4.77. The highest BCUT2D eigenvalue weighted by Gasteiger charge is 2.20. The predicted octanol–water partition coefficient (Wildman–Crippen LogP) is 2.26. The number of hydrogen-bond acceptors (Lipinski definition) is 2. The minimum absolute atomic E-state index is 0.0659. The molecule has 1 unspecified atom stereocenters. The van der Waals surface area contributed by atoms with Crippen LogP contribution in [0.3, 0.4) is 0 Å². The second-order valence-electron chi connectivity index (χ2n) is 4.62. The summed E-state index contributed by atoms with van der Waals surface area (Å²) in [6.07, 6.45) is -0.855. The molecule has 0 aromatic carbocycles. The van der Waals surface area contributed by atoms with Crippen LogP contribution in [0.2, 0.25) is 0 Å². The molecule has 0 bridgehead atoms. The zero-order valence-electron chi connectivity index (χ0n) is 9.51. The fourth-order valence-electron chi connectivity index (χ4n) is 1.35. The number of ether oxygens (including phenoxy) is 1. The quantitative estimate of drug-likeness (QED) is 0.714. The van der Waals surface area contributed by atoms with Gasteiger partial charge in [-0.3, -0.25) is 0 Å². The molecule has 2 N–H and O–H groups in total. The van der Waals surface area contributed by atoms with Gasteiger partial charge < -0.3 is 14.8 Å². The number of aromatic nitrogens is 1. The summed E-state index contributed by atoms with van der Waals surface area (Å²) in [4.78, 5) is 3.20. The summed E-state index contributed by atoms with van der Waals surface area (Å²) in [7, 11) is 1.49. The van der Waals surface area contributed by atoms with E-state index in [1.807, 2.05) is 6.92 Å². The maximum atomic E-state index is 9.54. The molecule has 0 saturated heterocycles. The van der Waals surface area contributed by atoms with Crippen LogP contribution in [0, 0.1) is 6.92 Å². The van der Waals surface area contributed by atoms with Crippen LogP contribution in [0.5, 0.6) is 0 Å². The van der Waals surface area contributed by atoms with E-state index in [9.17, 15) is 5.11 Å². The Bertz CT molecular complexity index is 310. The molecule has 0 aliphatic heterocycles. The van der Waals surface area contributed by atoms with E-state index in [-0.39, 0.29) is 5.41 Å². The normalized spacial score (nSPS) is 14.4. The van der Waals surface area contributed by atoms with Gasteiger partial charge in [-0.2, -0.15) is 0 Å². The molecular weight excluding hydrogens is 178 g/mol. The third kappa shape index (κ3) is 2.16. The van der Waals surface area contributed by atoms with Crippen LogP contribution in [0.25, 0.3) is 0 Å². The topological polar surface area (TPSA) is 45.2 Å². The van der Waals surface area contributed by atoms with E-state index < -0.39 is 6.29 Å². The molecule has 0 aliphatic rings. The standard InChI is InChI=1S/C11H19NO2/c1-7-6-8(11(2,3)4)12-9(7)10(13)14-5/h6,10,12-13H,1-5H3. The van der Waals surface area contributed by atoms with E-state index >= 15 is 0 Å². The Balaban J connectivity index is 3.05. The maximum absolute atomic E-state index is 9.54. The van der Waals surface area contributed by atoms with Crippen LogP contribution >= 0.6 is 0 Å². The van der Waals surface area contributed by atoms with E-state index in [1.165, 1.54) is 7.11 Å². The Kier molecular flexibility index (Phi) is 3.02. The fraction of sp³-hybridized carbons (Fsp3) is 0.636. The number of aryl methyl sites for hydroxylation is 1. The average Bonchev–Trinajstić information content (AvgIpc) is 2.45. The van der Waals surface area contributed by atoms with Gasteiger partial charge >= 0.3 is 0 Å². The minimum atomic E-state index is -0.855. The van der Waals surface area contributed by atoms with E-state index in [0.29, 0.717) is 0 Å². The zero-order chi connectivity index (χ0) is 10.9. The molecular formula is C11H19NO2. The number of aliphatic hydroxyl groups excluding tert-OH is 1. The Morgan fingerprint density at radius 2 is 2.00 bits per heavy atom. The van der Waals surface area contributed by atoms with Gasteiger partial charge in [-0.05, 0) is 18.6 Å². The number of rotatable bonds is 2. The molecule has 0 amide bonds.